The summed E-state index contributed by atoms with van der Waals surface area (Å²) in [5, 5.41) is 0. The lowest BCUT2D eigenvalue weighted by Crippen LogP contribution is -2.24. The molecule has 1 fully saturated rings. The van der Waals surface area contributed by atoms with Gasteiger partial charge in [-0.1, -0.05) is 24.3 Å². The van der Waals surface area contributed by atoms with Crippen molar-refractivity contribution in [2.45, 2.75) is 25.3 Å². The van der Waals surface area contributed by atoms with Gasteiger partial charge in [0, 0.05) is 24.6 Å². The fraction of sp³-hybridized carbons (Fsp3) is 0.241. The summed E-state index contributed by atoms with van der Waals surface area (Å²) in [4.78, 5) is 19.5. The van der Waals surface area contributed by atoms with Gasteiger partial charge in [-0.3, -0.25) is 4.79 Å². The Balaban J connectivity index is 1.37. The van der Waals surface area contributed by atoms with Crippen LogP contribution in [-0.2, 0) is 17.8 Å². The predicted molar refractivity (Wildman–Crippen MR) is 138 cm³/mol. The van der Waals surface area contributed by atoms with E-state index in [-0.39, 0.29) is 17.6 Å². The van der Waals surface area contributed by atoms with Gasteiger partial charge in [-0.2, -0.15) is 0 Å². The number of allylic oxidation sites excluding steroid dienone is 1. The summed E-state index contributed by atoms with van der Waals surface area (Å²) < 4.78 is 27.2. The Labute approximate surface area is 209 Å². The fourth-order valence-corrected chi connectivity index (χ4v) is 4.76. The quantitative estimate of drug-likeness (QED) is 0.293. The van der Waals surface area contributed by atoms with Gasteiger partial charge in [-0.25, -0.2) is 9.37 Å². The zero-order valence-corrected chi connectivity index (χ0v) is 20.2. The number of methoxy groups -OCH3 is 1. The minimum Gasteiger partial charge on any atom is -0.493 e. The topological polar surface area (TPSA) is 56.6 Å². The van der Waals surface area contributed by atoms with E-state index in [9.17, 15) is 9.18 Å². The van der Waals surface area contributed by atoms with E-state index in [0.29, 0.717) is 43.3 Å². The first-order valence-corrected chi connectivity index (χ1v) is 12.0. The summed E-state index contributed by atoms with van der Waals surface area (Å²) in [6.45, 7) is 5.25. The number of nitrogens with zero attached hydrogens (tertiary/aromatic N) is 3. The van der Waals surface area contributed by atoms with E-state index in [1.807, 2.05) is 48.5 Å². The first-order chi connectivity index (χ1) is 17.6. The highest BCUT2D eigenvalue weighted by atomic mass is 19.1. The molecule has 3 aromatic carbocycles. The van der Waals surface area contributed by atoms with Crippen molar-refractivity contribution in [2.24, 2.45) is 0 Å². The highest BCUT2D eigenvalue weighted by molar-refractivity contribution is 5.96. The number of halogens is 1. The number of fused-ring (bicyclic) bond motifs is 1. The van der Waals surface area contributed by atoms with Crippen molar-refractivity contribution in [3.63, 3.8) is 0 Å². The number of anilines is 1. The van der Waals surface area contributed by atoms with Gasteiger partial charge >= 0.3 is 0 Å². The number of amides is 1. The van der Waals surface area contributed by atoms with Gasteiger partial charge in [0.25, 0.3) is 0 Å². The van der Waals surface area contributed by atoms with Crippen molar-refractivity contribution in [3.05, 3.63) is 96.6 Å². The van der Waals surface area contributed by atoms with E-state index in [2.05, 4.69) is 11.1 Å². The van der Waals surface area contributed by atoms with Crippen LogP contribution >= 0.6 is 0 Å². The van der Waals surface area contributed by atoms with Gasteiger partial charge in [0.2, 0.25) is 5.91 Å². The van der Waals surface area contributed by atoms with Crippen molar-refractivity contribution < 1.29 is 18.7 Å². The SMILES string of the molecule is C=CCc1ccc(OCCn2c(C3CC(=O)N(c4ccc(F)cc4)C3)nc3ccccc32)c(OC)c1. The number of para-hydroxylation sites is 2. The van der Waals surface area contributed by atoms with Crippen molar-refractivity contribution >= 4 is 22.6 Å². The van der Waals surface area contributed by atoms with Crippen LogP contribution in [0.3, 0.4) is 0 Å². The third kappa shape index (κ3) is 4.69. The second-order valence-electron chi connectivity index (χ2n) is 8.82. The Kier molecular flexibility index (Phi) is 6.71. The van der Waals surface area contributed by atoms with Crippen LogP contribution < -0.4 is 14.4 Å². The van der Waals surface area contributed by atoms with Crippen LogP contribution in [0.2, 0.25) is 0 Å². The molecule has 1 atom stereocenters. The molecule has 1 aliphatic rings. The van der Waals surface area contributed by atoms with Crippen molar-refractivity contribution in [1.29, 1.82) is 0 Å². The number of hydrogen-bond donors (Lipinski definition) is 0. The van der Waals surface area contributed by atoms with Crippen molar-refractivity contribution in [3.8, 4) is 11.5 Å². The van der Waals surface area contributed by atoms with Crippen molar-refractivity contribution in [1.82, 2.24) is 9.55 Å². The molecular weight excluding hydrogens is 457 g/mol. The highest BCUT2D eigenvalue weighted by Gasteiger charge is 2.34. The number of benzene rings is 3. The van der Waals surface area contributed by atoms with Gasteiger partial charge in [0.05, 0.1) is 24.7 Å². The second-order valence-corrected chi connectivity index (χ2v) is 8.82. The van der Waals surface area contributed by atoms with Crippen LogP contribution in [0.15, 0.2) is 79.4 Å². The molecule has 5 rings (SSSR count). The zero-order valence-electron chi connectivity index (χ0n) is 20.2. The molecule has 0 saturated carbocycles. The van der Waals surface area contributed by atoms with E-state index in [4.69, 9.17) is 14.5 Å². The number of ether oxygens (including phenoxy) is 2. The lowest BCUT2D eigenvalue weighted by molar-refractivity contribution is -0.117. The van der Waals surface area contributed by atoms with Crippen LogP contribution in [0.5, 0.6) is 11.5 Å². The Morgan fingerprint density at radius 3 is 2.69 bits per heavy atom. The summed E-state index contributed by atoms with van der Waals surface area (Å²) in [7, 11) is 1.63. The van der Waals surface area contributed by atoms with Gasteiger partial charge in [0.1, 0.15) is 18.2 Å². The molecule has 4 aromatic rings. The molecule has 0 bridgehead atoms. The molecular formula is C29H28FN3O3. The molecule has 0 radical (unpaired) electrons. The molecule has 7 heteroatoms. The predicted octanol–water partition coefficient (Wildman–Crippen LogP) is 5.51. The largest absolute Gasteiger partial charge is 0.493 e. The number of carbonyl (C=O) groups is 1. The maximum absolute atomic E-state index is 13.4. The van der Waals surface area contributed by atoms with E-state index < -0.39 is 0 Å². The molecule has 1 aromatic heterocycles. The Morgan fingerprint density at radius 1 is 1.11 bits per heavy atom. The normalized spacial score (nSPS) is 15.4. The van der Waals surface area contributed by atoms with Crippen LogP contribution in [0.4, 0.5) is 10.1 Å². The molecule has 0 aliphatic carbocycles. The molecule has 1 amide bonds. The molecule has 36 heavy (non-hydrogen) atoms. The molecule has 2 heterocycles. The Bertz CT molecular complexity index is 1400. The molecule has 0 spiro atoms. The third-order valence-corrected chi connectivity index (χ3v) is 6.49. The molecule has 1 unspecified atom stereocenters. The minimum absolute atomic E-state index is 0.00538. The van der Waals surface area contributed by atoms with Gasteiger partial charge < -0.3 is 18.9 Å². The number of rotatable bonds is 9. The minimum atomic E-state index is -0.323. The zero-order chi connectivity index (χ0) is 25.1. The lowest BCUT2D eigenvalue weighted by Gasteiger charge is -2.18. The fourth-order valence-electron chi connectivity index (χ4n) is 4.76. The highest BCUT2D eigenvalue weighted by Crippen LogP contribution is 2.34. The Morgan fingerprint density at radius 2 is 1.92 bits per heavy atom. The first kappa shape index (κ1) is 23.6. The Hall–Kier alpha value is -4.13. The average Bonchev–Trinajstić information content (AvgIpc) is 3.46. The standard InChI is InChI=1S/C29H28FN3O3/c1-3-6-20-9-14-26(27(17-20)35-2)36-16-15-32-25-8-5-4-7-24(25)31-29(32)21-18-28(34)33(19-21)23-12-10-22(30)11-13-23/h3-5,7-14,17,21H,1,6,15-16,18-19H2,2H3. The van der Waals surface area contributed by atoms with E-state index in [0.717, 1.165) is 28.8 Å². The molecule has 6 nitrogen and oxygen atoms in total. The number of carbonyl (C=O) groups excluding carboxylic acids is 1. The summed E-state index contributed by atoms with van der Waals surface area (Å²) >= 11 is 0. The maximum atomic E-state index is 13.4. The van der Waals surface area contributed by atoms with Crippen LogP contribution in [0, 0.1) is 5.82 Å². The van der Waals surface area contributed by atoms with Gasteiger partial charge in [0.15, 0.2) is 11.5 Å². The van der Waals surface area contributed by atoms with Gasteiger partial charge in [-0.05, 0) is 60.5 Å². The summed E-state index contributed by atoms with van der Waals surface area (Å²) in [5.74, 6) is 1.81. The number of aromatic nitrogens is 2. The molecule has 184 valence electrons. The lowest BCUT2D eigenvalue weighted by atomic mass is 10.1. The number of hydrogen-bond acceptors (Lipinski definition) is 4. The number of imidazole rings is 1. The third-order valence-electron chi connectivity index (χ3n) is 6.49. The summed E-state index contributed by atoms with van der Waals surface area (Å²) in [5.41, 5.74) is 3.68. The van der Waals surface area contributed by atoms with E-state index in [1.165, 1.54) is 12.1 Å². The van der Waals surface area contributed by atoms with E-state index >= 15 is 0 Å². The average molecular weight is 486 g/mol. The van der Waals surface area contributed by atoms with Crippen LogP contribution in [0.25, 0.3) is 11.0 Å². The van der Waals surface area contributed by atoms with Crippen molar-refractivity contribution in [2.75, 3.05) is 25.2 Å². The van der Waals surface area contributed by atoms with Crippen LogP contribution in [-0.4, -0.2) is 35.7 Å². The van der Waals surface area contributed by atoms with Gasteiger partial charge in [-0.15, -0.1) is 6.58 Å². The summed E-state index contributed by atoms with van der Waals surface area (Å²) in [6, 6.07) is 19.9. The molecule has 1 saturated heterocycles. The van der Waals surface area contributed by atoms with Crippen LogP contribution in [0.1, 0.15) is 23.7 Å². The molecule has 0 N–H and O–H groups in total. The molecule has 1 aliphatic heterocycles. The first-order valence-electron chi connectivity index (χ1n) is 12.0. The maximum Gasteiger partial charge on any atom is 0.227 e. The second kappa shape index (κ2) is 10.2. The summed E-state index contributed by atoms with van der Waals surface area (Å²) in [6.07, 6.45) is 2.96. The smallest absolute Gasteiger partial charge is 0.227 e. The van der Waals surface area contributed by atoms with E-state index in [1.54, 1.807) is 24.1 Å². The monoisotopic (exact) mass is 485 g/mol.